The molecular weight excluding hydrogens is 610 g/mol. The summed E-state index contributed by atoms with van der Waals surface area (Å²) in [6.07, 6.45) is 5.72. The van der Waals surface area contributed by atoms with Crippen molar-refractivity contribution in [2.24, 2.45) is 5.73 Å². The highest BCUT2D eigenvalue weighted by Gasteiger charge is 2.30. The van der Waals surface area contributed by atoms with Crippen LogP contribution in [0.25, 0.3) is 32.7 Å². The lowest BCUT2D eigenvalue weighted by atomic mass is 10.0. The fourth-order valence-corrected chi connectivity index (χ4v) is 6.04. The molecule has 0 aliphatic carbocycles. The van der Waals surface area contributed by atoms with Gasteiger partial charge in [0.1, 0.15) is 18.1 Å². The summed E-state index contributed by atoms with van der Waals surface area (Å²) >= 11 is 0. The van der Waals surface area contributed by atoms with Gasteiger partial charge in [-0.2, -0.15) is 0 Å². The number of fused-ring (bicyclic) bond motifs is 3. The van der Waals surface area contributed by atoms with Gasteiger partial charge in [-0.3, -0.25) is 14.4 Å². The van der Waals surface area contributed by atoms with Gasteiger partial charge in [0, 0.05) is 64.1 Å². The summed E-state index contributed by atoms with van der Waals surface area (Å²) < 4.78 is 0. The van der Waals surface area contributed by atoms with Gasteiger partial charge in [0.15, 0.2) is 0 Å². The van der Waals surface area contributed by atoms with Crippen LogP contribution < -0.4 is 21.7 Å². The fourth-order valence-electron chi connectivity index (χ4n) is 6.04. The van der Waals surface area contributed by atoms with Gasteiger partial charge >= 0.3 is 5.97 Å². The van der Waals surface area contributed by atoms with E-state index in [1.807, 2.05) is 79.0 Å². The minimum absolute atomic E-state index is 0.0410. The van der Waals surface area contributed by atoms with Crippen molar-refractivity contribution >= 4 is 56.4 Å². The van der Waals surface area contributed by atoms with E-state index in [-0.39, 0.29) is 19.3 Å². The molecule has 4 unspecified atom stereocenters. The fraction of sp³-hybridized carbons (Fsp3) is 0.222. The molecule has 0 spiro atoms. The molecule has 48 heavy (non-hydrogen) atoms. The number of aliphatic carboxylic acids is 1. The highest BCUT2D eigenvalue weighted by atomic mass is 16.4. The summed E-state index contributed by atoms with van der Waals surface area (Å²) in [5.74, 6) is -3.02. The molecule has 4 atom stereocenters. The molecule has 3 aromatic heterocycles. The summed E-state index contributed by atoms with van der Waals surface area (Å²) in [5, 5.41) is 20.6. The van der Waals surface area contributed by atoms with Crippen LogP contribution in [-0.2, 0) is 38.4 Å². The second kappa shape index (κ2) is 13.9. The number of hydrogen-bond donors (Lipinski definition) is 8. The second-order valence-corrected chi connectivity index (χ2v) is 12.0. The molecule has 0 radical (unpaired) electrons. The van der Waals surface area contributed by atoms with E-state index in [1.165, 1.54) is 6.92 Å². The zero-order valence-electron chi connectivity index (χ0n) is 26.2. The molecule has 0 saturated carbocycles. The van der Waals surface area contributed by atoms with Crippen LogP contribution in [0.5, 0.6) is 0 Å². The number of benzene rings is 3. The van der Waals surface area contributed by atoms with E-state index >= 15 is 0 Å². The smallest absolute Gasteiger partial charge is 0.326 e. The lowest BCUT2D eigenvalue weighted by Gasteiger charge is -2.23. The number of H-pyrrole nitrogens is 3. The Bertz CT molecular complexity index is 2110. The number of para-hydroxylation sites is 3. The van der Waals surface area contributed by atoms with Crippen LogP contribution in [0.4, 0.5) is 0 Å². The second-order valence-electron chi connectivity index (χ2n) is 12.0. The Morgan fingerprint density at radius 2 is 1.02 bits per heavy atom. The zero-order valence-corrected chi connectivity index (χ0v) is 26.2. The molecule has 0 aliphatic rings. The summed E-state index contributed by atoms with van der Waals surface area (Å²) in [6, 6.07) is 18.4. The molecule has 12 heteroatoms. The van der Waals surface area contributed by atoms with Crippen molar-refractivity contribution in [3.63, 3.8) is 0 Å². The lowest BCUT2D eigenvalue weighted by molar-refractivity contribution is -0.142. The van der Waals surface area contributed by atoms with E-state index in [9.17, 15) is 24.3 Å². The highest BCUT2D eigenvalue weighted by Crippen LogP contribution is 2.22. The third-order valence-corrected chi connectivity index (χ3v) is 8.65. The van der Waals surface area contributed by atoms with E-state index in [4.69, 9.17) is 5.73 Å². The average Bonchev–Trinajstić information content (AvgIpc) is 3.81. The van der Waals surface area contributed by atoms with Crippen LogP contribution >= 0.6 is 0 Å². The van der Waals surface area contributed by atoms with Crippen LogP contribution in [0.1, 0.15) is 23.6 Å². The molecule has 0 bridgehead atoms. The van der Waals surface area contributed by atoms with Gasteiger partial charge in [-0.15, -0.1) is 0 Å². The van der Waals surface area contributed by atoms with E-state index in [1.54, 1.807) is 12.4 Å². The van der Waals surface area contributed by atoms with Gasteiger partial charge in [-0.05, 0) is 48.2 Å². The molecule has 0 saturated heterocycles. The standard InChI is InChI=1S/C36H37N7O5/c1-20(33(44)43-32(36(47)48)16-23-19-40-30-13-7-4-10-26(23)30)41-35(46)31(15-22-18-39-29-12-6-3-9-25(22)29)42-34(45)27(37)14-21-17-38-28-11-5-2-8-24(21)28/h2-13,17-20,27,31-32,38-40H,14-16,37H2,1H3,(H,41,46)(H,42,45)(H,43,44)(H,47,48). The van der Waals surface area contributed by atoms with E-state index in [2.05, 4.69) is 30.9 Å². The molecule has 9 N–H and O–H groups in total. The summed E-state index contributed by atoms with van der Waals surface area (Å²) in [7, 11) is 0. The predicted octanol–water partition coefficient (Wildman–Crippen LogP) is 3.04. The first-order valence-electron chi connectivity index (χ1n) is 15.7. The number of rotatable bonds is 13. The highest BCUT2D eigenvalue weighted by molar-refractivity contribution is 5.95. The number of amides is 3. The van der Waals surface area contributed by atoms with Crippen molar-refractivity contribution < 1.29 is 24.3 Å². The van der Waals surface area contributed by atoms with Crippen molar-refractivity contribution in [3.05, 3.63) is 108 Å². The first-order chi connectivity index (χ1) is 23.2. The number of nitrogens with two attached hydrogens (primary N) is 1. The van der Waals surface area contributed by atoms with Crippen molar-refractivity contribution in [1.82, 2.24) is 30.9 Å². The van der Waals surface area contributed by atoms with Crippen molar-refractivity contribution in [3.8, 4) is 0 Å². The van der Waals surface area contributed by atoms with Crippen molar-refractivity contribution in [2.75, 3.05) is 0 Å². The predicted molar refractivity (Wildman–Crippen MR) is 183 cm³/mol. The molecule has 6 rings (SSSR count). The number of carbonyl (C=O) groups is 4. The monoisotopic (exact) mass is 647 g/mol. The van der Waals surface area contributed by atoms with Gasteiger partial charge < -0.3 is 41.7 Å². The van der Waals surface area contributed by atoms with Crippen molar-refractivity contribution in [2.45, 2.75) is 50.4 Å². The number of aromatic amines is 3. The number of aromatic nitrogens is 3. The van der Waals surface area contributed by atoms with Gasteiger partial charge in [-0.25, -0.2) is 4.79 Å². The van der Waals surface area contributed by atoms with Crippen LogP contribution in [0.15, 0.2) is 91.4 Å². The summed E-state index contributed by atoms with van der Waals surface area (Å²) in [6.45, 7) is 1.46. The molecule has 3 amide bonds. The van der Waals surface area contributed by atoms with Gasteiger partial charge in [0.25, 0.3) is 0 Å². The number of carboxylic acid groups (broad SMARTS) is 1. The Kier molecular flexibility index (Phi) is 9.26. The van der Waals surface area contributed by atoms with E-state index < -0.39 is 47.9 Å². The van der Waals surface area contributed by atoms with Crippen LogP contribution in [0, 0.1) is 0 Å². The molecule has 246 valence electrons. The third-order valence-electron chi connectivity index (χ3n) is 8.65. The number of nitrogens with one attached hydrogen (secondary N) is 6. The Morgan fingerprint density at radius 3 is 1.50 bits per heavy atom. The normalized spacial score (nSPS) is 14.0. The van der Waals surface area contributed by atoms with E-state index in [0.29, 0.717) is 0 Å². The maximum atomic E-state index is 13.7. The Labute approximate surface area is 275 Å². The molecular formula is C36H37N7O5. The lowest BCUT2D eigenvalue weighted by Crippen LogP contribution is -2.57. The van der Waals surface area contributed by atoms with Gasteiger partial charge in [-0.1, -0.05) is 54.6 Å². The van der Waals surface area contributed by atoms with Gasteiger partial charge in [0.2, 0.25) is 17.7 Å². The summed E-state index contributed by atoms with van der Waals surface area (Å²) in [5.41, 5.74) is 11.4. The topological polar surface area (TPSA) is 198 Å². The van der Waals surface area contributed by atoms with Crippen LogP contribution in [-0.4, -0.2) is 67.9 Å². The number of carboxylic acids is 1. The van der Waals surface area contributed by atoms with Crippen LogP contribution in [0.3, 0.4) is 0 Å². The van der Waals surface area contributed by atoms with Gasteiger partial charge in [0.05, 0.1) is 6.04 Å². The van der Waals surface area contributed by atoms with Crippen LogP contribution in [0.2, 0.25) is 0 Å². The maximum Gasteiger partial charge on any atom is 0.326 e. The first kappa shape index (κ1) is 32.1. The quantitative estimate of drug-likeness (QED) is 0.0948. The largest absolute Gasteiger partial charge is 0.480 e. The average molecular weight is 648 g/mol. The first-order valence-corrected chi connectivity index (χ1v) is 15.7. The molecule has 12 nitrogen and oxygen atoms in total. The minimum atomic E-state index is -1.24. The molecule has 3 heterocycles. The minimum Gasteiger partial charge on any atom is -0.480 e. The zero-order chi connectivity index (χ0) is 33.8. The summed E-state index contributed by atoms with van der Waals surface area (Å²) in [4.78, 5) is 61.9. The maximum absolute atomic E-state index is 13.7. The van der Waals surface area contributed by atoms with E-state index in [0.717, 1.165) is 49.4 Å². The molecule has 6 aromatic rings. The van der Waals surface area contributed by atoms with Crippen molar-refractivity contribution in [1.29, 1.82) is 0 Å². The Balaban J connectivity index is 1.15. The third kappa shape index (κ3) is 6.93. The Hall–Kier alpha value is -5.88. The number of carbonyl (C=O) groups excluding carboxylic acids is 3. The molecule has 0 aliphatic heterocycles. The Morgan fingerprint density at radius 1 is 0.604 bits per heavy atom. The number of hydrogen-bond acceptors (Lipinski definition) is 5. The SMILES string of the molecule is CC(NC(=O)C(Cc1c[nH]c2ccccc12)NC(=O)C(N)Cc1c[nH]c2ccccc12)C(=O)NC(Cc1c[nH]c2ccccc12)C(=O)O. The molecule has 3 aromatic carbocycles. The molecule has 0 fully saturated rings.